The number of nitrogens with one attached hydrogen (secondary N) is 1. The lowest BCUT2D eigenvalue weighted by Crippen LogP contribution is -2.42. The van der Waals surface area contributed by atoms with Crippen molar-refractivity contribution in [2.45, 2.75) is 47.5 Å². The van der Waals surface area contributed by atoms with E-state index in [2.05, 4.69) is 11.4 Å². The summed E-state index contributed by atoms with van der Waals surface area (Å²) in [6, 6.07) is 6.33. The largest absolute Gasteiger partial charge is 0.381 e. The van der Waals surface area contributed by atoms with Crippen molar-refractivity contribution in [3.05, 3.63) is 28.2 Å². The number of benzene rings is 1. The molecule has 140 valence electrons. The summed E-state index contributed by atoms with van der Waals surface area (Å²) >= 11 is 11.9. The maximum atomic E-state index is 13.0. The molecule has 9 heteroatoms. The molecule has 2 aliphatic rings. The van der Waals surface area contributed by atoms with Crippen molar-refractivity contribution in [2.75, 3.05) is 7.11 Å². The molecule has 0 saturated heterocycles. The van der Waals surface area contributed by atoms with Crippen molar-refractivity contribution >= 4 is 38.9 Å². The number of carbonyl (C=O) groups is 1. The highest BCUT2D eigenvalue weighted by Gasteiger charge is 2.50. The van der Waals surface area contributed by atoms with Gasteiger partial charge in [0.2, 0.25) is 5.91 Å². The minimum absolute atomic E-state index is 0.000154. The van der Waals surface area contributed by atoms with Gasteiger partial charge in [-0.3, -0.25) is 4.79 Å². The lowest BCUT2D eigenvalue weighted by Gasteiger charge is -2.19. The Balaban J connectivity index is 1.81. The molecule has 3 atom stereocenters. The van der Waals surface area contributed by atoms with E-state index >= 15 is 0 Å². The zero-order valence-electron chi connectivity index (χ0n) is 14.0. The third-order valence-corrected chi connectivity index (χ3v) is 7.96. The molecule has 1 unspecified atom stereocenters. The van der Waals surface area contributed by atoms with Gasteiger partial charge in [-0.25, -0.2) is 8.42 Å². The van der Waals surface area contributed by atoms with Crippen LogP contribution in [0.3, 0.4) is 0 Å². The van der Waals surface area contributed by atoms with Crippen LogP contribution in [-0.2, 0) is 19.4 Å². The van der Waals surface area contributed by atoms with Crippen molar-refractivity contribution in [3.63, 3.8) is 0 Å². The molecular formula is C17H18Cl2N2O4S. The van der Waals surface area contributed by atoms with Crippen molar-refractivity contribution < 1.29 is 17.9 Å². The highest BCUT2D eigenvalue weighted by molar-refractivity contribution is 7.92. The van der Waals surface area contributed by atoms with Crippen LogP contribution in [0.15, 0.2) is 23.1 Å². The number of ether oxygens (including phenoxy) is 1. The molecule has 0 heterocycles. The molecule has 1 N–H and O–H groups in total. The molecule has 0 radical (unpaired) electrons. The summed E-state index contributed by atoms with van der Waals surface area (Å²) in [5.74, 6) is -0.965. The average molecular weight is 417 g/mol. The summed E-state index contributed by atoms with van der Waals surface area (Å²) in [5.41, 5.74) is -0.800. The summed E-state index contributed by atoms with van der Waals surface area (Å²) in [6.07, 6.45) is 1.00. The lowest BCUT2D eigenvalue weighted by molar-refractivity contribution is -0.128. The molecule has 1 amide bonds. The fraction of sp³-hybridized carbons (Fsp3) is 0.529. The molecule has 0 aromatic heterocycles. The summed E-state index contributed by atoms with van der Waals surface area (Å²) < 4.78 is 31.3. The molecule has 3 rings (SSSR count). The SMILES string of the molecule is CO[C@@H]1C[C@H](S(=O)(=O)c2ccc(Cl)cc2Cl)CC1C(=O)NC1(C#N)CC1. The first-order chi connectivity index (χ1) is 12.2. The Morgan fingerprint density at radius 2 is 2.04 bits per heavy atom. The number of nitriles is 1. The standard InChI is InChI=1S/C17H18Cl2N2O4S/c1-25-14-8-11(7-12(14)16(22)21-17(9-20)4-5-17)26(23,24)15-3-2-10(18)6-13(15)19/h2-3,6,11-12,14H,4-5,7-8H2,1H3,(H,21,22)/t11-,12?,14-/m1/s1. The third-order valence-electron chi connectivity index (χ3n) is 5.07. The maximum Gasteiger partial charge on any atom is 0.227 e. The fourth-order valence-corrected chi connectivity index (χ4v) is 5.93. The van der Waals surface area contributed by atoms with Gasteiger partial charge in [0.25, 0.3) is 0 Å². The summed E-state index contributed by atoms with van der Waals surface area (Å²) in [5, 5.41) is 11.5. The minimum Gasteiger partial charge on any atom is -0.381 e. The van der Waals surface area contributed by atoms with Gasteiger partial charge >= 0.3 is 0 Å². The molecule has 2 aliphatic carbocycles. The molecule has 0 aliphatic heterocycles. The Morgan fingerprint density at radius 3 is 2.58 bits per heavy atom. The predicted octanol–water partition coefficient (Wildman–Crippen LogP) is 2.73. The maximum absolute atomic E-state index is 13.0. The first-order valence-corrected chi connectivity index (χ1v) is 10.5. The molecule has 6 nitrogen and oxygen atoms in total. The van der Waals surface area contributed by atoms with Crippen LogP contribution < -0.4 is 5.32 Å². The van der Waals surface area contributed by atoms with Gasteiger partial charge in [-0.1, -0.05) is 23.2 Å². The minimum atomic E-state index is -3.74. The second kappa shape index (κ2) is 7.01. The lowest BCUT2D eigenvalue weighted by atomic mass is 10.0. The highest BCUT2D eigenvalue weighted by atomic mass is 35.5. The number of hydrogen-bond acceptors (Lipinski definition) is 5. The van der Waals surface area contributed by atoms with E-state index in [1.165, 1.54) is 25.3 Å². The van der Waals surface area contributed by atoms with E-state index in [9.17, 15) is 13.2 Å². The van der Waals surface area contributed by atoms with Gasteiger partial charge in [0.05, 0.1) is 33.3 Å². The van der Waals surface area contributed by atoms with E-state index in [0.29, 0.717) is 17.9 Å². The van der Waals surface area contributed by atoms with Crippen LogP contribution in [0.2, 0.25) is 10.0 Å². The van der Waals surface area contributed by atoms with E-state index in [4.69, 9.17) is 33.2 Å². The quantitative estimate of drug-likeness (QED) is 0.795. The van der Waals surface area contributed by atoms with Crippen LogP contribution in [0.4, 0.5) is 0 Å². The molecule has 1 aromatic rings. The normalized spacial score (nSPS) is 26.9. The highest BCUT2D eigenvalue weighted by Crippen LogP contribution is 2.40. The van der Waals surface area contributed by atoms with Gasteiger partial charge in [-0.05, 0) is 43.9 Å². The van der Waals surface area contributed by atoms with Crippen LogP contribution in [-0.4, -0.2) is 38.3 Å². The van der Waals surface area contributed by atoms with Crippen LogP contribution >= 0.6 is 23.2 Å². The second-order valence-electron chi connectivity index (χ2n) is 6.78. The van der Waals surface area contributed by atoms with Crippen molar-refractivity contribution in [2.24, 2.45) is 5.92 Å². The zero-order chi connectivity index (χ0) is 19.1. The molecule has 2 saturated carbocycles. The van der Waals surface area contributed by atoms with Crippen molar-refractivity contribution in [1.29, 1.82) is 5.26 Å². The number of hydrogen-bond donors (Lipinski definition) is 1. The third kappa shape index (κ3) is 3.56. The number of rotatable bonds is 5. The number of amides is 1. The van der Waals surface area contributed by atoms with Gasteiger partial charge in [-0.2, -0.15) is 5.26 Å². The van der Waals surface area contributed by atoms with Crippen LogP contribution in [0.5, 0.6) is 0 Å². The molecule has 0 spiro atoms. The fourth-order valence-electron chi connectivity index (χ4n) is 3.35. The van der Waals surface area contributed by atoms with Gasteiger partial charge in [0, 0.05) is 12.1 Å². The zero-order valence-corrected chi connectivity index (χ0v) is 16.4. The molecular weight excluding hydrogens is 399 g/mol. The van der Waals surface area contributed by atoms with Gasteiger partial charge in [0.15, 0.2) is 9.84 Å². The Labute approximate surface area is 162 Å². The molecule has 0 bridgehead atoms. The molecule has 1 aromatic carbocycles. The smallest absolute Gasteiger partial charge is 0.227 e. The first kappa shape index (κ1) is 19.4. The second-order valence-corrected chi connectivity index (χ2v) is 9.82. The summed E-state index contributed by atoms with van der Waals surface area (Å²) in [4.78, 5) is 12.6. The average Bonchev–Trinajstić information content (AvgIpc) is 3.20. The molecule has 26 heavy (non-hydrogen) atoms. The first-order valence-electron chi connectivity index (χ1n) is 8.17. The Bertz CT molecular complexity index is 877. The van der Waals surface area contributed by atoms with Gasteiger partial charge in [0.1, 0.15) is 5.54 Å². The Kier molecular flexibility index (Phi) is 5.24. The Hall–Kier alpha value is -1.33. The Morgan fingerprint density at radius 1 is 1.35 bits per heavy atom. The summed E-state index contributed by atoms with van der Waals surface area (Å²) in [6.45, 7) is 0. The van der Waals surface area contributed by atoms with E-state index in [1.54, 1.807) is 0 Å². The predicted molar refractivity (Wildman–Crippen MR) is 96.7 cm³/mol. The van der Waals surface area contributed by atoms with E-state index in [-0.39, 0.29) is 28.7 Å². The number of methoxy groups -OCH3 is 1. The number of carbonyl (C=O) groups excluding carboxylic acids is 1. The van der Waals surface area contributed by atoms with Crippen LogP contribution in [0.1, 0.15) is 25.7 Å². The van der Waals surface area contributed by atoms with Crippen molar-refractivity contribution in [3.8, 4) is 6.07 Å². The van der Waals surface area contributed by atoms with Gasteiger partial charge < -0.3 is 10.1 Å². The monoisotopic (exact) mass is 416 g/mol. The number of sulfone groups is 1. The van der Waals surface area contributed by atoms with E-state index in [0.717, 1.165) is 0 Å². The number of nitrogens with zero attached hydrogens (tertiary/aromatic N) is 1. The number of halogens is 2. The topological polar surface area (TPSA) is 96.3 Å². The molecule has 2 fully saturated rings. The van der Waals surface area contributed by atoms with Crippen LogP contribution in [0.25, 0.3) is 0 Å². The van der Waals surface area contributed by atoms with E-state index in [1.807, 2.05) is 0 Å². The van der Waals surface area contributed by atoms with Crippen molar-refractivity contribution in [1.82, 2.24) is 5.32 Å². The van der Waals surface area contributed by atoms with Gasteiger partial charge in [-0.15, -0.1) is 0 Å². The van der Waals surface area contributed by atoms with E-state index < -0.39 is 32.6 Å². The summed E-state index contributed by atoms with van der Waals surface area (Å²) in [7, 11) is -2.29. The van der Waals surface area contributed by atoms with Crippen LogP contribution in [0, 0.1) is 17.2 Å².